The van der Waals surface area contributed by atoms with Gasteiger partial charge in [-0.15, -0.1) is 11.3 Å². The highest BCUT2D eigenvalue weighted by Gasteiger charge is 2.10. The van der Waals surface area contributed by atoms with Crippen LogP contribution >= 0.6 is 11.3 Å². The highest BCUT2D eigenvalue weighted by Crippen LogP contribution is 2.36. The van der Waals surface area contributed by atoms with Crippen molar-refractivity contribution in [3.63, 3.8) is 0 Å². The van der Waals surface area contributed by atoms with E-state index in [4.69, 9.17) is 4.74 Å². The number of benzene rings is 2. The molecule has 0 bridgehead atoms. The molecule has 0 unspecified atom stereocenters. The van der Waals surface area contributed by atoms with Crippen molar-refractivity contribution >= 4 is 32.3 Å². The molecule has 5 aromatic rings. The van der Waals surface area contributed by atoms with Gasteiger partial charge in [0.25, 0.3) is 0 Å². The number of thiophene rings is 1. The molecule has 4 heteroatoms. The fraction of sp³-hybridized carbons (Fsp3) is 0.0833. The molecule has 3 aromatic heterocycles. The summed E-state index contributed by atoms with van der Waals surface area (Å²) >= 11 is 1.81. The van der Waals surface area contributed by atoms with Gasteiger partial charge in [0.15, 0.2) is 0 Å². The summed E-state index contributed by atoms with van der Waals surface area (Å²) in [6.07, 6.45) is 5.41. The van der Waals surface area contributed by atoms with E-state index in [1.807, 2.05) is 41.7 Å². The fourth-order valence-electron chi connectivity index (χ4n) is 3.45. The molecule has 0 amide bonds. The Bertz CT molecular complexity index is 1310. The van der Waals surface area contributed by atoms with Crippen LogP contribution in [0.3, 0.4) is 0 Å². The molecule has 0 fully saturated rings. The Kier molecular flexibility index (Phi) is 4.06. The number of pyridine rings is 2. The van der Waals surface area contributed by atoms with E-state index >= 15 is 0 Å². The van der Waals surface area contributed by atoms with Crippen LogP contribution in [0, 0.1) is 13.8 Å². The first-order valence-corrected chi connectivity index (χ1v) is 9.97. The molecule has 0 aliphatic heterocycles. The van der Waals surface area contributed by atoms with Crippen molar-refractivity contribution in [1.82, 2.24) is 9.97 Å². The minimum atomic E-state index is 0.810. The topological polar surface area (TPSA) is 35.0 Å². The van der Waals surface area contributed by atoms with Gasteiger partial charge in [-0.1, -0.05) is 6.07 Å². The van der Waals surface area contributed by atoms with Gasteiger partial charge >= 0.3 is 0 Å². The predicted octanol–water partition coefficient (Wildman–Crippen LogP) is 6.92. The van der Waals surface area contributed by atoms with E-state index in [1.165, 1.54) is 20.5 Å². The second-order valence-electron chi connectivity index (χ2n) is 6.82. The van der Waals surface area contributed by atoms with Gasteiger partial charge in [-0.25, -0.2) is 0 Å². The average Bonchev–Trinajstić information content (AvgIpc) is 3.02. The second-order valence-corrected chi connectivity index (χ2v) is 8.08. The van der Waals surface area contributed by atoms with Gasteiger partial charge in [-0.2, -0.15) is 0 Å². The number of ether oxygens (including phenoxy) is 1. The van der Waals surface area contributed by atoms with Crippen molar-refractivity contribution in [2.24, 2.45) is 0 Å². The quantitative estimate of drug-likeness (QED) is 0.340. The molecule has 3 nitrogen and oxygen atoms in total. The van der Waals surface area contributed by atoms with Gasteiger partial charge in [0, 0.05) is 33.6 Å². The lowest BCUT2D eigenvalue weighted by molar-refractivity contribution is 0.489. The predicted molar refractivity (Wildman–Crippen MR) is 116 cm³/mol. The standard InChI is InChI=1S/C24H18N2OS/c1-15-16(2)28-24-14-19(4-5-20(15)24)27-23-9-12-26-22-6-3-18(13-21(22)23)17-7-10-25-11-8-17/h3-14H,1-2H3. The van der Waals surface area contributed by atoms with Gasteiger partial charge in [0.05, 0.1) is 5.52 Å². The normalized spacial score (nSPS) is 11.2. The summed E-state index contributed by atoms with van der Waals surface area (Å²) in [5.41, 5.74) is 4.51. The summed E-state index contributed by atoms with van der Waals surface area (Å²) in [5.74, 6) is 1.65. The summed E-state index contributed by atoms with van der Waals surface area (Å²) in [5, 5.41) is 2.30. The van der Waals surface area contributed by atoms with E-state index in [2.05, 4.69) is 48.1 Å². The SMILES string of the molecule is Cc1sc2cc(Oc3ccnc4ccc(-c5ccncc5)cc34)ccc2c1C. The van der Waals surface area contributed by atoms with Crippen molar-refractivity contribution in [2.45, 2.75) is 13.8 Å². The first kappa shape index (κ1) is 16.9. The summed E-state index contributed by atoms with van der Waals surface area (Å²) in [7, 11) is 0. The van der Waals surface area contributed by atoms with Crippen LogP contribution in [0.2, 0.25) is 0 Å². The molecule has 3 heterocycles. The number of rotatable bonds is 3. The molecule has 0 spiro atoms. The Morgan fingerprint density at radius 3 is 2.50 bits per heavy atom. The summed E-state index contributed by atoms with van der Waals surface area (Å²) in [6.45, 7) is 4.34. The largest absolute Gasteiger partial charge is 0.457 e. The van der Waals surface area contributed by atoms with Crippen molar-refractivity contribution in [3.8, 4) is 22.6 Å². The van der Waals surface area contributed by atoms with E-state index in [0.29, 0.717) is 0 Å². The van der Waals surface area contributed by atoms with Crippen LogP contribution in [0.1, 0.15) is 10.4 Å². The summed E-state index contributed by atoms with van der Waals surface area (Å²) in [4.78, 5) is 9.95. The van der Waals surface area contributed by atoms with Crippen LogP contribution in [0.15, 0.2) is 73.2 Å². The molecule has 136 valence electrons. The van der Waals surface area contributed by atoms with Gasteiger partial charge < -0.3 is 4.74 Å². The third kappa shape index (κ3) is 2.92. The number of aromatic nitrogens is 2. The van der Waals surface area contributed by atoms with Gasteiger partial charge in [0.1, 0.15) is 11.5 Å². The number of hydrogen-bond acceptors (Lipinski definition) is 4. The maximum absolute atomic E-state index is 6.29. The molecule has 0 atom stereocenters. The lowest BCUT2D eigenvalue weighted by atomic mass is 10.0. The first-order chi connectivity index (χ1) is 13.7. The summed E-state index contributed by atoms with van der Waals surface area (Å²) in [6, 6.07) is 18.5. The zero-order valence-electron chi connectivity index (χ0n) is 15.6. The van der Waals surface area contributed by atoms with Crippen LogP contribution in [-0.4, -0.2) is 9.97 Å². The number of hydrogen-bond donors (Lipinski definition) is 0. The second kappa shape index (κ2) is 6.73. The lowest BCUT2D eigenvalue weighted by Gasteiger charge is -2.10. The Balaban J connectivity index is 1.58. The molecule has 0 radical (unpaired) electrons. The van der Waals surface area contributed by atoms with Crippen molar-refractivity contribution in [3.05, 3.63) is 83.6 Å². The smallest absolute Gasteiger partial charge is 0.138 e. The molecular formula is C24H18N2OS. The first-order valence-electron chi connectivity index (χ1n) is 9.16. The van der Waals surface area contributed by atoms with Gasteiger partial charge in [-0.3, -0.25) is 9.97 Å². The lowest BCUT2D eigenvalue weighted by Crippen LogP contribution is -1.89. The molecular weight excluding hydrogens is 364 g/mol. The maximum atomic E-state index is 6.29. The number of fused-ring (bicyclic) bond motifs is 2. The van der Waals surface area contributed by atoms with Gasteiger partial charge in [0.2, 0.25) is 0 Å². The maximum Gasteiger partial charge on any atom is 0.138 e. The third-order valence-corrected chi connectivity index (χ3v) is 6.26. The molecule has 0 saturated carbocycles. The molecule has 5 rings (SSSR count). The van der Waals surface area contributed by atoms with Crippen LogP contribution < -0.4 is 4.74 Å². The Hall–Kier alpha value is -3.24. The van der Waals surface area contributed by atoms with E-state index < -0.39 is 0 Å². The van der Waals surface area contributed by atoms with Gasteiger partial charge in [-0.05, 0) is 84.5 Å². The molecule has 2 aromatic carbocycles. The van der Waals surface area contributed by atoms with Crippen LogP contribution in [-0.2, 0) is 0 Å². The Morgan fingerprint density at radius 1 is 0.786 bits per heavy atom. The van der Waals surface area contributed by atoms with E-state index in [9.17, 15) is 0 Å². The third-order valence-electron chi connectivity index (χ3n) is 5.09. The van der Waals surface area contributed by atoms with E-state index in [-0.39, 0.29) is 0 Å². The average molecular weight is 382 g/mol. The van der Waals surface area contributed by atoms with Crippen LogP contribution in [0.5, 0.6) is 11.5 Å². The monoisotopic (exact) mass is 382 g/mol. The van der Waals surface area contributed by atoms with Crippen molar-refractivity contribution in [2.75, 3.05) is 0 Å². The summed E-state index contributed by atoms with van der Waals surface area (Å²) < 4.78 is 7.55. The zero-order valence-corrected chi connectivity index (χ0v) is 16.5. The van der Waals surface area contributed by atoms with Crippen molar-refractivity contribution in [1.29, 1.82) is 0 Å². The van der Waals surface area contributed by atoms with Crippen LogP contribution in [0.25, 0.3) is 32.1 Å². The molecule has 0 aliphatic rings. The minimum absolute atomic E-state index is 0.810. The molecule has 28 heavy (non-hydrogen) atoms. The fourth-order valence-corrected chi connectivity index (χ4v) is 4.55. The van der Waals surface area contributed by atoms with E-state index in [1.54, 1.807) is 18.6 Å². The highest BCUT2D eigenvalue weighted by molar-refractivity contribution is 7.19. The van der Waals surface area contributed by atoms with Crippen LogP contribution in [0.4, 0.5) is 0 Å². The van der Waals surface area contributed by atoms with Crippen molar-refractivity contribution < 1.29 is 4.74 Å². The van der Waals surface area contributed by atoms with E-state index in [0.717, 1.165) is 33.5 Å². The Morgan fingerprint density at radius 2 is 1.64 bits per heavy atom. The molecule has 0 aliphatic carbocycles. The number of aryl methyl sites for hydroxylation is 2. The zero-order chi connectivity index (χ0) is 19.1. The molecule has 0 saturated heterocycles. The number of nitrogens with zero attached hydrogens (tertiary/aromatic N) is 2. The minimum Gasteiger partial charge on any atom is -0.457 e. The Labute approximate surface area is 167 Å². The molecule has 0 N–H and O–H groups in total. The highest BCUT2D eigenvalue weighted by atomic mass is 32.1.